The molecule has 1 N–H and O–H groups in total. The summed E-state index contributed by atoms with van der Waals surface area (Å²) in [4.78, 5) is 8.68. The highest BCUT2D eigenvalue weighted by Crippen LogP contribution is 2.39. The van der Waals surface area contributed by atoms with Gasteiger partial charge in [0.2, 0.25) is 0 Å². The van der Waals surface area contributed by atoms with Crippen LogP contribution in [-0.4, -0.2) is 24.2 Å². The van der Waals surface area contributed by atoms with Gasteiger partial charge < -0.3 is 14.5 Å². The number of benzene rings is 4. The summed E-state index contributed by atoms with van der Waals surface area (Å²) in [5.41, 5.74) is 10.4. The number of nitrogens with zero attached hydrogens (tertiary/aromatic N) is 1. The highest BCUT2D eigenvalue weighted by molar-refractivity contribution is 5.83. The van der Waals surface area contributed by atoms with Gasteiger partial charge in [-0.05, 0) is 83.3 Å². The van der Waals surface area contributed by atoms with Crippen molar-refractivity contribution in [3.63, 3.8) is 0 Å². The van der Waals surface area contributed by atoms with Gasteiger partial charge in [-0.2, -0.15) is 0 Å². The Kier molecular flexibility index (Phi) is 4.92. The Balaban J connectivity index is 1.45. The molecule has 1 aliphatic rings. The first-order valence-corrected chi connectivity index (χ1v) is 11.3. The van der Waals surface area contributed by atoms with E-state index in [1.54, 1.807) is 14.2 Å². The third kappa shape index (κ3) is 3.44. The van der Waals surface area contributed by atoms with Gasteiger partial charge in [-0.1, -0.05) is 36.4 Å². The van der Waals surface area contributed by atoms with E-state index in [1.165, 1.54) is 22.3 Å². The fourth-order valence-electron chi connectivity index (χ4n) is 4.73. The van der Waals surface area contributed by atoms with Gasteiger partial charge in [0.25, 0.3) is 0 Å². The van der Waals surface area contributed by atoms with Crippen LogP contribution in [0, 0.1) is 0 Å². The molecule has 0 saturated heterocycles. The Morgan fingerprint density at radius 2 is 1.26 bits per heavy atom. The van der Waals surface area contributed by atoms with Gasteiger partial charge in [0.05, 0.1) is 25.6 Å². The van der Waals surface area contributed by atoms with E-state index >= 15 is 0 Å². The van der Waals surface area contributed by atoms with Crippen LogP contribution in [0.3, 0.4) is 0 Å². The van der Waals surface area contributed by atoms with Gasteiger partial charge in [-0.3, -0.25) is 0 Å². The van der Waals surface area contributed by atoms with E-state index in [4.69, 9.17) is 14.5 Å². The monoisotopic (exact) mass is 444 g/mol. The molecule has 34 heavy (non-hydrogen) atoms. The first-order chi connectivity index (χ1) is 16.7. The van der Waals surface area contributed by atoms with Crippen molar-refractivity contribution >= 4 is 0 Å². The first kappa shape index (κ1) is 20.3. The van der Waals surface area contributed by atoms with Gasteiger partial charge in [0.1, 0.15) is 17.3 Å². The van der Waals surface area contributed by atoms with Crippen LogP contribution in [0.4, 0.5) is 0 Å². The summed E-state index contributed by atoms with van der Waals surface area (Å²) >= 11 is 0. The average Bonchev–Trinajstić information content (AvgIpc) is 3.50. The number of ether oxygens (including phenoxy) is 2. The molecule has 4 heteroatoms. The molecule has 1 aromatic heterocycles. The Morgan fingerprint density at radius 3 is 1.97 bits per heavy atom. The normalized spacial score (nSPS) is 11.7. The number of methoxy groups -OCH3 is 2. The van der Waals surface area contributed by atoms with Crippen LogP contribution in [0.25, 0.3) is 45.0 Å². The predicted molar refractivity (Wildman–Crippen MR) is 136 cm³/mol. The summed E-state index contributed by atoms with van der Waals surface area (Å²) in [7, 11) is 3.36. The summed E-state index contributed by atoms with van der Waals surface area (Å²) in [6.45, 7) is 0. The Labute approximate surface area is 198 Å². The van der Waals surface area contributed by atoms with E-state index in [1.807, 2.05) is 36.4 Å². The van der Waals surface area contributed by atoms with Crippen molar-refractivity contribution in [1.82, 2.24) is 9.97 Å². The van der Waals surface area contributed by atoms with Gasteiger partial charge >= 0.3 is 0 Å². The van der Waals surface area contributed by atoms with Crippen molar-refractivity contribution in [3.8, 4) is 56.5 Å². The van der Waals surface area contributed by atoms with Gasteiger partial charge in [-0.15, -0.1) is 0 Å². The SMILES string of the molecule is COc1ccc(-c2nc(-c3ccc4c(c3)Cc3ccccc3-4)[nH]c2-c2ccc(OC)cc2)cc1. The molecule has 5 aromatic rings. The van der Waals surface area contributed by atoms with Crippen molar-refractivity contribution in [2.45, 2.75) is 6.42 Å². The lowest BCUT2D eigenvalue weighted by atomic mass is 10.0. The zero-order valence-electron chi connectivity index (χ0n) is 19.1. The molecule has 0 fully saturated rings. The molecule has 0 spiro atoms. The Hall–Kier alpha value is -4.31. The van der Waals surface area contributed by atoms with Crippen LogP contribution in [0.2, 0.25) is 0 Å². The van der Waals surface area contributed by atoms with Crippen molar-refractivity contribution in [2.75, 3.05) is 14.2 Å². The molecule has 0 radical (unpaired) electrons. The van der Waals surface area contributed by atoms with Gasteiger partial charge in [0.15, 0.2) is 0 Å². The largest absolute Gasteiger partial charge is 0.497 e. The van der Waals surface area contributed by atoms with Crippen molar-refractivity contribution in [3.05, 3.63) is 102 Å². The number of fused-ring (bicyclic) bond motifs is 3. The fraction of sp³-hybridized carbons (Fsp3) is 0.100. The number of H-pyrrole nitrogens is 1. The van der Waals surface area contributed by atoms with Crippen molar-refractivity contribution in [2.24, 2.45) is 0 Å². The molecule has 1 aliphatic carbocycles. The molecule has 166 valence electrons. The zero-order chi connectivity index (χ0) is 23.1. The number of hydrogen-bond donors (Lipinski definition) is 1. The minimum atomic E-state index is 0.823. The number of imidazole rings is 1. The van der Waals surface area contributed by atoms with Crippen LogP contribution in [0.5, 0.6) is 11.5 Å². The smallest absolute Gasteiger partial charge is 0.138 e. The molecule has 4 aromatic carbocycles. The second-order valence-electron chi connectivity index (χ2n) is 8.47. The maximum absolute atomic E-state index is 5.35. The average molecular weight is 445 g/mol. The van der Waals surface area contributed by atoms with E-state index in [0.717, 1.165) is 51.8 Å². The summed E-state index contributed by atoms with van der Waals surface area (Å²) < 4.78 is 10.7. The van der Waals surface area contributed by atoms with Crippen LogP contribution < -0.4 is 9.47 Å². The maximum Gasteiger partial charge on any atom is 0.138 e. The minimum absolute atomic E-state index is 0.823. The molecule has 0 amide bonds. The second kappa shape index (κ2) is 8.23. The number of nitrogens with one attached hydrogen (secondary N) is 1. The summed E-state index contributed by atoms with van der Waals surface area (Å²) in [6.07, 6.45) is 0.955. The summed E-state index contributed by atoms with van der Waals surface area (Å²) in [5.74, 6) is 2.51. The van der Waals surface area contributed by atoms with E-state index in [0.29, 0.717) is 0 Å². The lowest BCUT2D eigenvalue weighted by molar-refractivity contribution is 0.414. The Bertz CT molecular complexity index is 1420. The molecule has 4 nitrogen and oxygen atoms in total. The molecule has 1 heterocycles. The van der Waals surface area contributed by atoms with Gasteiger partial charge in [0, 0.05) is 16.7 Å². The third-order valence-corrected chi connectivity index (χ3v) is 6.51. The van der Waals surface area contributed by atoms with Crippen LogP contribution in [0.1, 0.15) is 11.1 Å². The molecule has 0 atom stereocenters. The number of rotatable bonds is 5. The summed E-state index contributed by atoms with van der Waals surface area (Å²) in [6, 6.07) is 31.4. The maximum atomic E-state index is 5.35. The Morgan fingerprint density at radius 1 is 0.647 bits per heavy atom. The number of aromatic amines is 1. The first-order valence-electron chi connectivity index (χ1n) is 11.3. The van der Waals surface area contributed by atoms with E-state index in [9.17, 15) is 0 Å². The molecular weight excluding hydrogens is 420 g/mol. The molecule has 6 rings (SSSR count). The molecule has 0 saturated carbocycles. The highest BCUT2D eigenvalue weighted by atomic mass is 16.5. The quantitative estimate of drug-likeness (QED) is 0.311. The highest BCUT2D eigenvalue weighted by Gasteiger charge is 2.20. The van der Waals surface area contributed by atoms with E-state index in [2.05, 4.69) is 59.6 Å². The summed E-state index contributed by atoms with van der Waals surface area (Å²) in [5, 5.41) is 0. The zero-order valence-corrected chi connectivity index (χ0v) is 19.1. The van der Waals surface area contributed by atoms with Crippen LogP contribution in [-0.2, 0) is 6.42 Å². The van der Waals surface area contributed by atoms with Crippen molar-refractivity contribution in [1.29, 1.82) is 0 Å². The van der Waals surface area contributed by atoms with Gasteiger partial charge in [-0.25, -0.2) is 4.98 Å². The fourth-order valence-corrected chi connectivity index (χ4v) is 4.73. The standard InChI is InChI=1S/C30H24N2O2/c1-33-24-12-7-19(8-13-24)28-29(20-9-14-25(34-2)15-10-20)32-30(31-28)22-11-16-27-23(18-22)17-21-5-3-4-6-26(21)27/h3-16,18H,17H2,1-2H3,(H,31,32). The molecule has 0 bridgehead atoms. The van der Waals surface area contributed by atoms with E-state index < -0.39 is 0 Å². The molecule has 0 aliphatic heterocycles. The van der Waals surface area contributed by atoms with Crippen LogP contribution in [0.15, 0.2) is 91.0 Å². The lowest BCUT2D eigenvalue weighted by Gasteiger charge is -2.06. The lowest BCUT2D eigenvalue weighted by Crippen LogP contribution is -1.87. The predicted octanol–water partition coefficient (Wildman–Crippen LogP) is 7.00. The topological polar surface area (TPSA) is 47.1 Å². The number of hydrogen-bond acceptors (Lipinski definition) is 3. The third-order valence-electron chi connectivity index (χ3n) is 6.51. The molecular formula is C30H24N2O2. The number of aromatic nitrogens is 2. The molecule has 0 unspecified atom stereocenters. The van der Waals surface area contributed by atoms with Crippen molar-refractivity contribution < 1.29 is 9.47 Å². The second-order valence-corrected chi connectivity index (χ2v) is 8.47. The van der Waals surface area contributed by atoms with Crippen LogP contribution >= 0.6 is 0 Å². The minimum Gasteiger partial charge on any atom is -0.497 e. The van der Waals surface area contributed by atoms with E-state index in [-0.39, 0.29) is 0 Å².